The molecule has 0 aliphatic heterocycles. The summed E-state index contributed by atoms with van der Waals surface area (Å²) in [5.41, 5.74) is 2.04. The maximum absolute atomic E-state index is 9.49. The molecule has 1 N–H and O–H groups in total. The number of hydrogen-bond acceptors (Lipinski definition) is 2. The van der Waals surface area contributed by atoms with Crippen LogP contribution in [0.4, 0.5) is 0 Å². The van der Waals surface area contributed by atoms with E-state index in [0.29, 0.717) is 0 Å². The Labute approximate surface area is 118 Å². The zero-order valence-electron chi connectivity index (χ0n) is 6.72. The largest absolute Gasteiger partial charge is 0.364 e. The number of aliphatic hydroxyl groups is 1. The summed E-state index contributed by atoms with van der Waals surface area (Å²) in [7, 11) is 0. The monoisotopic (exact) mass is 516 g/mol. The van der Waals surface area contributed by atoms with Crippen LogP contribution in [-0.2, 0) is 3.07 Å². The Hall–Kier alpha value is 1.33. The molecule has 0 saturated carbocycles. The van der Waals surface area contributed by atoms with Gasteiger partial charge in [-0.2, -0.15) is 0 Å². The van der Waals surface area contributed by atoms with Crippen LogP contribution in [0.5, 0.6) is 0 Å². The van der Waals surface area contributed by atoms with E-state index in [0.717, 1.165) is 12.7 Å². The fourth-order valence-electron chi connectivity index (χ4n) is 0.899. The van der Waals surface area contributed by atoms with E-state index in [-0.39, 0.29) is 0 Å². The average Bonchev–Trinajstić information content (AvgIpc) is 2.10. The van der Waals surface area contributed by atoms with E-state index in [1.807, 2.05) is 19.1 Å². The molecule has 1 unspecified atom stereocenters. The number of hydrogen-bond donors (Lipinski definition) is 1. The van der Waals surface area contributed by atoms with E-state index in [1.54, 1.807) is 23.0 Å². The van der Waals surface area contributed by atoms with E-state index in [9.17, 15) is 5.11 Å². The van der Waals surface area contributed by atoms with Crippen molar-refractivity contribution in [3.63, 3.8) is 0 Å². The number of rotatable bonds is 2. The van der Waals surface area contributed by atoms with Crippen LogP contribution in [0.2, 0.25) is 0 Å². The van der Waals surface area contributed by atoms with Crippen LogP contribution in [-0.4, -0.2) is 5.11 Å². The second-order valence-corrected chi connectivity index (χ2v) is 5.40. The summed E-state index contributed by atoms with van der Waals surface area (Å²) in [6.07, 6.45) is -0.832. The molecule has 1 rings (SSSR count). The lowest BCUT2D eigenvalue weighted by molar-refractivity contribution is 0.0160. The topological polar surface area (TPSA) is 29.5 Å². The molecule has 0 aliphatic carbocycles. The normalized spacial score (nSPS) is 13.0. The zero-order chi connectivity index (χ0) is 10.0. The van der Waals surface area contributed by atoms with Gasteiger partial charge in [-0.3, -0.25) is 3.07 Å². The third-order valence-electron chi connectivity index (χ3n) is 1.63. The van der Waals surface area contributed by atoms with Crippen LogP contribution in [0, 0.1) is 14.1 Å². The Kier molecular flexibility index (Phi) is 5.17. The van der Waals surface area contributed by atoms with E-state index >= 15 is 0 Å². The fourth-order valence-corrected chi connectivity index (χ4v) is 2.55. The molecular weight excluding hydrogens is 509 g/mol. The maximum atomic E-state index is 9.49. The van der Waals surface area contributed by atoms with Gasteiger partial charge in [-0.15, -0.1) is 0 Å². The lowest BCUT2D eigenvalue weighted by Gasteiger charge is -2.11. The van der Waals surface area contributed by atoms with Crippen molar-refractivity contribution >= 4 is 68.2 Å². The molecule has 72 valence electrons. The molecule has 0 amide bonds. The summed E-state index contributed by atoms with van der Waals surface area (Å²) >= 11 is 6.14. The lowest BCUT2D eigenvalue weighted by Crippen LogP contribution is -2.00. The first-order valence-electron chi connectivity index (χ1n) is 3.47. The predicted octanol–water partition coefficient (Wildman–Crippen LogP) is 3.56. The highest BCUT2D eigenvalue weighted by molar-refractivity contribution is 14.1. The molecule has 0 bridgehead atoms. The molecule has 0 fully saturated rings. The number of benzene rings is 1. The minimum absolute atomic E-state index is 0.824. The molecule has 1 aromatic rings. The first-order valence-corrected chi connectivity index (χ1v) is 6.51. The van der Waals surface area contributed by atoms with Crippen molar-refractivity contribution < 1.29 is 8.17 Å². The van der Waals surface area contributed by atoms with Crippen molar-refractivity contribution in [1.29, 1.82) is 0 Å². The summed E-state index contributed by atoms with van der Waals surface area (Å²) in [5.74, 6) is 0. The second-order valence-electron chi connectivity index (χ2n) is 2.56. The third-order valence-corrected chi connectivity index (χ3v) is 4.21. The minimum atomic E-state index is -0.832. The minimum Gasteiger partial charge on any atom is -0.364 e. The van der Waals surface area contributed by atoms with Crippen molar-refractivity contribution in [3.8, 4) is 0 Å². The van der Waals surface area contributed by atoms with Crippen molar-refractivity contribution in [2.75, 3.05) is 0 Å². The highest BCUT2D eigenvalue weighted by atomic mass is 127. The molecule has 0 spiro atoms. The molecule has 0 aromatic heterocycles. The molecule has 13 heavy (non-hydrogen) atoms. The van der Waals surface area contributed by atoms with Crippen LogP contribution in [0.3, 0.4) is 0 Å². The van der Waals surface area contributed by atoms with E-state index < -0.39 is 6.29 Å². The van der Waals surface area contributed by atoms with Crippen LogP contribution in [0.15, 0.2) is 12.1 Å². The van der Waals surface area contributed by atoms with E-state index in [2.05, 4.69) is 45.2 Å². The summed E-state index contributed by atoms with van der Waals surface area (Å²) in [4.78, 5) is 0. The highest BCUT2D eigenvalue weighted by Gasteiger charge is 2.12. The highest BCUT2D eigenvalue weighted by Crippen LogP contribution is 2.26. The maximum Gasteiger partial charge on any atom is 0.193 e. The van der Waals surface area contributed by atoms with Gasteiger partial charge in [0.05, 0.1) is 0 Å². The molecule has 2 nitrogen and oxygen atoms in total. The van der Waals surface area contributed by atoms with Gasteiger partial charge >= 0.3 is 0 Å². The smallest absolute Gasteiger partial charge is 0.193 e. The van der Waals surface area contributed by atoms with E-state index in [4.69, 9.17) is 3.07 Å². The molecular formula is C8H7I3O2. The van der Waals surface area contributed by atoms with Gasteiger partial charge in [-0.1, -0.05) is 0 Å². The fraction of sp³-hybridized carbons (Fsp3) is 0.250. The van der Waals surface area contributed by atoms with Gasteiger partial charge in [0, 0.05) is 12.7 Å². The SMILES string of the molecule is Cc1cc(I)c(C(O)OI)cc1I. The zero-order valence-corrected chi connectivity index (χ0v) is 13.2. The predicted molar refractivity (Wildman–Crippen MR) is 76.7 cm³/mol. The Balaban J connectivity index is 3.15. The number of halogens is 3. The average molecular weight is 516 g/mol. The number of aryl methyl sites for hydroxylation is 1. The summed E-state index contributed by atoms with van der Waals surface area (Å²) in [6.45, 7) is 2.05. The van der Waals surface area contributed by atoms with Crippen LogP contribution in [0.1, 0.15) is 17.4 Å². The van der Waals surface area contributed by atoms with Crippen molar-refractivity contribution in [2.24, 2.45) is 0 Å². The quantitative estimate of drug-likeness (QED) is 0.482. The third kappa shape index (κ3) is 3.14. The number of aliphatic hydroxyl groups excluding tert-OH is 1. The standard InChI is InChI=1S/C8H7I3O2/c1-4-2-7(10)5(3-6(4)9)8(12)13-11/h2-3,8,12H,1H3. The van der Waals surface area contributed by atoms with Crippen molar-refractivity contribution in [1.82, 2.24) is 0 Å². The van der Waals surface area contributed by atoms with Gasteiger partial charge in [-0.25, -0.2) is 0 Å². The van der Waals surface area contributed by atoms with Gasteiger partial charge in [0.1, 0.15) is 23.0 Å². The van der Waals surface area contributed by atoms with Gasteiger partial charge in [0.2, 0.25) is 0 Å². The molecule has 0 heterocycles. The van der Waals surface area contributed by atoms with Gasteiger partial charge in [0.25, 0.3) is 0 Å². The summed E-state index contributed by atoms with van der Waals surface area (Å²) in [5, 5.41) is 9.49. The Morgan fingerprint density at radius 1 is 1.31 bits per heavy atom. The van der Waals surface area contributed by atoms with Gasteiger partial charge in [0.15, 0.2) is 6.29 Å². The molecule has 0 aliphatic rings. The summed E-state index contributed by atoms with van der Waals surface area (Å²) < 4.78 is 7.00. The Morgan fingerprint density at radius 3 is 2.46 bits per heavy atom. The van der Waals surface area contributed by atoms with Crippen molar-refractivity contribution in [3.05, 3.63) is 30.4 Å². The Bertz CT molecular complexity index is 315. The van der Waals surface area contributed by atoms with Crippen LogP contribution in [0.25, 0.3) is 0 Å². The lowest BCUT2D eigenvalue weighted by atomic mass is 10.1. The first kappa shape index (κ1) is 12.4. The van der Waals surface area contributed by atoms with Crippen LogP contribution >= 0.6 is 68.2 Å². The molecule has 0 saturated heterocycles. The molecule has 5 heteroatoms. The molecule has 0 radical (unpaired) electrons. The first-order chi connectivity index (χ1) is 6.06. The van der Waals surface area contributed by atoms with Gasteiger partial charge in [-0.05, 0) is 69.8 Å². The Morgan fingerprint density at radius 2 is 1.92 bits per heavy atom. The molecule has 1 atom stereocenters. The van der Waals surface area contributed by atoms with Crippen molar-refractivity contribution in [2.45, 2.75) is 13.2 Å². The second kappa shape index (κ2) is 5.42. The summed E-state index contributed by atoms with van der Waals surface area (Å²) in [6, 6.07) is 3.98. The van der Waals surface area contributed by atoms with Crippen LogP contribution < -0.4 is 0 Å². The van der Waals surface area contributed by atoms with E-state index in [1.165, 1.54) is 5.56 Å². The van der Waals surface area contributed by atoms with Gasteiger partial charge < -0.3 is 5.11 Å². The molecule has 1 aromatic carbocycles.